The largest absolute Gasteiger partial charge is 0.382 e. The van der Waals surface area contributed by atoms with Crippen LogP contribution in [0.4, 0.5) is 5.69 Å². The number of carbonyl (C=O) groups is 1. The molecule has 0 aliphatic rings. The van der Waals surface area contributed by atoms with Gasteiger partial charge in [0.15, 0.2) is 0 Å². The predicted octanol–water partition coefficient (Wildman–Crippen LogP) is 3.41. The fraction of sp³-hybridized carbons (Fsp3) is 0.625. The summed E-state index contributed by atoms with van der Waals surface area (Å²) >= 11 is 0. The maximum absolute atomic E-state index is 12.3. The molecule has 1 amide bonds. The molecule has 1 rings (SSSR count). The number of carbonyl (C=O) groups excluding carboxylic acids is 1. The van der Waals surface area contributed by atoms with Gasteiger partial charge in [-0.05, 0) is 38.3 Å². The van der Waals surface area contributed by atoms with Crippen LogP contribution in [0.25, 0.3) is 0 Å². The second kappa shape index (κ2) is 7.88. The number of aromatic nitrogens is 1. The maximum Gasteiger partial charge on any atom is 0.272 e. The standard InChI is InChI=1S/C16H27N3O/c1-6-14(12(4)5)18-13-9-10-17-15(11-13)16(20)19(7-2)8-3/h9-12,14H,6-8H2,1-5H3,(H,17,18). The van der Waals surface area contributed by atoms with Crippen molar-refractivity contribution in [3.8, 4) is 0 Å². The van der Waals surface area contributed by atoms with Crippen molar-refractivity contribution >= 4 is 11.6 Å². The maximum atomic E-state index is 12.3. The van der Waals surface area contributed by atoms with Gasteiger partial charge >= 0.3 is 0 Å². The summed E-state index contributed by atoms with van der Waals surface area (Å²) in [7, 11) is 0. The molecule has 0 aliphatic heterocycles. The third-order valence-corrected chi connectivity index (χ3v) is 3.63. The lowest BCUT2D eigenvalue weighted by atomic mass is 10.0. The summed E-state index contributed by atoms with van der Waals surface area (Å²) in [6, 6.07) is 4.18. The molecule has 1 aromatic rings. The molecule has 0 aromatic carbocycles. The summed E-state index contributed by atoms with van der Waals surface area (Å²) in [5.74, 6) is 0.548. The number of nitrogens with one attached hydrogen (secondary N) is 1. The van der Waals surface area contributed by atoms with Gasteiger partial charge in [-0.25, -0.2) is 0 Å². The zero-order valence-electron chi connectivity index (χ0n) is 13.3. The summed E-state index contributed by atoms with van der Waals surface area (Å²) in [6.07, 6.45) is 2.76. The number of hydrogen-bond donors (Lipinski definition) is 1. The van der Waals surface area contributed by atoms with Crippen LogP contribution in [0.3, 0.4) is 0 Å². The molecule has 0 aliphatic carbocycles. The number of hydrogen-bond acceptors (Lipinski definition) is 3. The zero-order valence-corrected chi connectivity index (χ0v) is 13.3. The Labute approximate surface area is 122 Å². The second-order valence-corrected chi connectivity index (χ2v) is 5.31. The van der Waals surface area contributed by atoms with Gasteiger partial charge in [0.2, 0.25) is 0 Å². The Kier molecular flexibility index (Phi) is 6.49. The molecule has 1 heterocycles. The van der Waals surface area contributed by atoms with E-state index in [1.54, 1.807) is 11.1 Å². The lowest BCUT2D eigenvalue weighted by Gasteiger charge is -2.23. The van der Waals surface area contributed by atoms with Crippen LogP contribution in [-0.4, -0.2) is 34.9 Å². The Morgan fingerprint density at radius 1 is 1.30 bits per heavy atom. The van der Waals surface area contributed by atoms with Crippen molar-refractivity contribution in [2.45, 2.75) is 47.1 Å². The third kappa shape index (κ3) is 4.22. The highest BCUT2D eigenvalue weighted by atomic mass is 16.2. The van der Waals surface area contributed by atoms with Gasteiger partial charge in [-0.2, -0.15) is 0 Å². The molecule has 0 saturated carbocycles. The molecular formula is C16H27N3O. The van der Waals surface area contributed by atoms with E-state index in [0.717, 1.165) is 12.1 Å². The van der Waals surface area contributed by atoms with Crippen LogP contribution < -0.4 is 5.32 Å². The van der Waals surface area contributed by atoms with E-state index in [9.17, 15) is 4.79 Å². The van der Waals surface area contributed by atoms with Crippen molar-refractivity contribution < 1.29 is 4.79 Å². The first-order chi connectivity index (χ1) is 9.53. The van der Waals surface area contributed by atoms with Gasteiger partial charge in [0, 0.05) is 31.0 Å². The summed E-state index contributed by atoms with van der Waals surface area (Å²) in [5.41, 5.74) is 1.48. The highest BCUT2D eigenvalue weighted by Gasteiger charge is 2.15. The molecule has 1 aromatic heterocycles. The van der Waals surface area contributed by atoms with E-state index in [1.807, 2.05) is 26.0 Å². The van der Waals surface area contributed by atoms with Crippen LogP contribution >= 0.6 is 0 Å². The summed E-state index contributed by atoms with van der Waals surface area (Å²) in [4.78, 5) is 18.3. The molecule has 0 radical (unpaired) electrons. The van der Waals surface area contributed by atoms with Crippen molar-refractivity contribution in [1.82, 2.24) is 9.88 Å². The van der Waals surface area contributed by atoms with E-state index in [-0.39, 0.29) is 5.91 Å². The van der Waals surface area contributed by atoms with Gasteiger partial charge in [-0.15, -0.1) is 0 Å². The fourth-order valence-corrected chi connectivity index (χ4v) is 2.26. The van der Waals surface area contributed by atoms with E-state index < -0.39 is 0 Å². The topological polar surface area (TPSA) is 45.2 Å². The van der Waals surface area contributed by atoms with Gasteiger partial charge in [0.1, 0.15) is 5.69 Å². The molecule has 0 bridgehead atoms. The van der Waals surface area contributed by atoms with Crippen molar-refractivity contribution in [2.24, 2.45) is 5.92 Å². The second-order valence-electron chi connectivity index (χ2n) is 5.31. The van der Waals surface area contributed by atoms with Crippen LogP contribution in [0, 0.1) is 5.92 Å². The number of rotatable bonds is 7. The summed E-state index contributed by atoms with van der Waals surface area (Å²) in [5, 5.41) is 3.49. The smallest absolute Gasteiger partial charge is 0.272 e. The Bertz CT molecular complexity index is 427. The fourth-order valence-electron chi connectivity index (χ4n) is 2.26. The highest BCUT2D eigenvalue weighted by molar-refractivity contribution is 5.93. The van der Waals surface area contributed by atoms with Gasteiger partial charge in [0.05, 0.1) is 0 Å². The minimum absolute atomic E-state index is 0.00348. The molecule has 4 heteroatoms. The zero-order chi connectivity index (χ0) is 15.1. The first kappa shape index (κ1) is 16.5. The van der Waals surface area contributed by atoms with Crippen LogP contribution in [0.5, 0.6) is 0 Å². The molecular weight excluding hydrogens is 250 g/mol. The normalized spacial score (nSPS) is 12.3. The Balaban J connectivity index is 2.87. The van der Waals surface area contributed by atoms with Crippen molar-refractivity contribution in [3.63, 3.8) is 0 Å². The van der Waals surface area contributed by atoms with Crippen molar-refractivity contribution in [2.75, 3.05) is 18.4 Å². The first-order valence-electron chi connectivity index (χ1n) is 7.55. The Hall–Kier alpha value is -1.58. The van der Waals surface area contributed by atoms with Gasteiger partial charge < -0.3 is 10.2 Å². The minimum atomic E-state index is -0.00348. The quantitative estimate of drug-likeness (QED) is 0.830. The minimum Gasteiger partial charge on any atom is -0.382 e. The summed E-state index contributed by atoms with van der Waals surface area (Å²) in [6.45, 7) is 11.9. The average Bonchev–Trinajstić information content (AvgIpc) is 2.45. The van der Waals surface area contributed by atoms with Crippen LogP contribution in [0.1, 0.15) is 51.5 Å². The monoisotopic (exact) mass is 277 g/mol. The number of amides is 1. The number of pyridine rings is 1. The average molecular weight is 277 g/mol. The van der Waals surface area contributed by atoms with E-state index in [0.29, 0.717) is 30.7 Å². The van der Waals surface area contributed by atoms with E-state index in [2.05, 4.69) is 31.1 Å². The molecule has 112 valence electrons. The van der Waals surface area contributed by atoms with E-state index >= 15 is 0 Å². The molecule has 1 unspecified atom stereocenters. The lowest BCUT2D eigenvalue weighted by Crippen LogP contribution is -2.31. The highest BCUT2D eigenvalue weighted by Crippen LogP contribution is 2.16. The van der Waals surface area contributed by atoms with Gasteiger partial charge in [-0.3, -0.25) is 9.78 Å². The van der Waals surface area contributed by atoms with Crippen molar-refractivity contribution in [1.29, 1.82) is 0 Å². The molecule has 0 saturated heterocycles. The van der Waals surface area contributed by atoms with Crippen LogP contribution in [0.2, 0.25) is 0 Å². The van der Waals surface area contributed by atoms with E-state index in [1.165, 1.54) is 0 Å². The molecule has 0 spiro atoms. The number of anilines is 1. The van der Waals surface area contributed by atoms with Gasteiger partial charge in [0.25, 0.3) is 5.91 Å². The third-order valence-electron chi connectivity index (χ3n) is 3.63. The first-order valence-corrected chi connectivity index (χ1v) is 7.55. The Morgan fingerprint density at radius 2 is 1.95 bits per heavy atom. The van der Waals surface area contributed by atoms with Crippen LogP contribution in [0.15, 0.2) is 18.3 Å². The Morgan fingerprint density at radius 3 is 2.45 bits per heavy atom. The SMILES string of the molecule is CCC(Nc1ccnc(C(=O)N(CC)CC)c1)C(C)C. The molecule has 1 atom stereocenters. The van der Waals surface area contributed by atoms with Gasteiger partial charge in [-0.1, -0.05) is 20.8 Å². The number of nitrogens with zero attached hydrogens (tertiary/aromatic N) is 2. The predicted molar refractivity (Wildman–Crippen MR) is 84.0 cm³/mol. The lowest BCUT2D eigenvalue weighted by molar-refractivity contribution is 0.0767. The van der Waals surface area contributed by atoms with Crippen molar-refractivity contribution in [3.05, 3.63) is 24.0 Å². The molecule has 20 heavy (non-hydrogen) atoms. The molecule has 4 nitrogen and oxygen atoms in total. The molecule has 1 N–H and O–H groups in total. The van der Waals surface area contributed by atoms with Crippen LogP contribution in [-0.2, 0) is 0 Å². The summed E-state index contributed by atoms with van der Waals surface area (Å²) < 4.78 is 0. The van der Waals surface area contributed by atoms with E-state index in [4.69, 9.17) is 0 Å². The molecule has 0 fully saturated rings.